The zero-order chi connectivity index (χ0) is 20.9. The van der Waals surface area contributed by atoms with E-state index < -0.39 is 11.7 Å². The molecule has 0 spiro atoms. The molecule has 2 aliphatic rings. The lowest BCUT2D eigenvalue weighted by Crippen LogP contribution is -2.28. The Morgan fingerprint density at radius 3 is 2.87 bits per heavy atom. The van der Waals surface area contributed by atoms with Crippen molar-refractivity contribution in [1.29, 1.82) is 0 Å². The molecular weight excluding hydrogens is 387 g/mol. The van der Waals surface area contributed by atoms with Crippen molar-refractivity contribution < 1.29 is 23.5 Å². The Balaban J connectivity index is 1.38. The normalized spacial score (nSPS) is 21.5. The van der Waals surface area contributed by atoms with Gasteiger partial charge in [0.05, 0.1) is 17.7 Å². The average molecular weight is 412 g/mol. The van der Waals surface area contributed by atoms with Gasteiger partial charge in [0.25, 0.3) is 0 Å². The van der Waals surface area contributed by atoms with Gasteiger partial charge in [-0.1, -0.05) is 18.2 Å². The average Bonchev–Trinajstić information content (AvgIpc) is 3.16. The van der Waals surface area contributed by atoms with Gasteiger partial charge in [0.1, 0.15) is 18.2 Å². The summed E-state index contributed by atoms with van der Waals surface area (Å²) in [7, 11) is 0. The molecule has 1 N–H and O–H groups in total. The summed E-state index contributed by atoms with van der Waals surface area (Å²) < 4.78 is 25.1. The fourth-order valence-electron chi connectivity index (χ4n) is 3.83. The van der Waals surface area contributed by atoms with E-state index in [1.165, 1.54) is 17.0 Å². The Morgan fingerprint density at radius 1 is 1.20 bits per heavy atom. The van der Waals surface area contributed by atoms with Crippen LogP contribution >= 0.6 is 0 Å². The molecule has 2 aliphatic heterocycles. The molecular formula is C23H25FN2O4. The third-order valence-corrected chi connectivity index (χ3v) is 5.46. The third kappa shape index (κ3) is 4.79. The summed E-state index contributed by atoms with van der Waals surface area (Å²) in [6.45, 7) is 1.40. The Morgan fingerprint density at radius 2 is 2.07 bits per heavy atom. The first-order chi connectivity index (χ1) is 14.6. The van der Waals surface area contributed by atoms with E-state index >= 15 is 0 Å². The van der Waals surface area contributed by atoms with E-state index in [2.05, 4.69) is 5.32 Å². The zero-order valence-corrected chi connectivity index (χ0v) is 16.7. The molecule has 0 aliphatic carbocycles. The van der Waals surface area contributed by atoms with Gasteiger partial charge in [0, 0.05) is 25.3 Å². The van der Waals surface area contributed by atoms with Crippen LogP contribution in [0.2, 0.25) is 0 Å². The van der Waals surface area contributed by atoms with Crippen molar-refractivity contribution in [3.8, 4) is 5.75 Å². The van der Waals surface area contributed by atoms with E-state index in [0.717, 1.165) is 25.9 Å². The van der Waals surface area contributed by atoms with Gasteiger partial charge in [-0.05, 0) is 49.6 Å². The largest absolute Gasteiger partial charge is 0.489 e. The van der Waals surface area contributed by atoms with Crippen molar-refractivity contribution in [3.05, 3.63) is 54.3 Å². The second-order valence-corrected chi connectivity index (χ2v) is 7.67. The number of carbonyl (C=O) groups excluding carboxylic acids is 2. The molecule has 0 bridgehead atoms. The second kappa shape index (κ2) is 9.26. The van der Waals surface area contributed by atoms with Gasteiger partial charge in [0.15, 0.2) is 0 Å². The third-order valence-electron chi connectivity index (χ3n) is 5.46. The summed E-state index contributed by atoms with van der Waals surface area (Å²) in [5, 5.41) is 2.89. The van der Waals surface area contributed by atoms with E-state index in [4.69, 9.17) is 9.47 Å². The van der Waals surface area contributed by atoms with Gasteiger partial charge in [-0.3, -0.25) is 9.59 Å². The van der Waals surface area contributed by atoms with Gasteiger partial charge in [-0.25, -0.2) is 4.39 Å². The molecule has 2 aromatic rings. The van der Waals surface area contributed by atoms with Crippen LogP contribution in [-0.4, -0.2) is 37.7 Å². The number of hydrogen-bond donors (Lipinski definition) is 1. The summed E-state index contributed by atoms with van der Waals surface area (Å²) in [5.41, 5.74) is 1.03. The predicted octanol–water partition coefficient (Wildman–Crippen LogP) is 3.77. The number of para-hydroxylation sites is 2. The molecule has 0 aromatic heterocycles. The van der Waals surface area contributed by atoms with Crippen LogP contribution in [0, 0.1) is 11.7 Å². The molecule has 4 rings (SSSR count). The van der Waals surface area contributed by atoms with Crippen LogP contribution in [0.25, 0.3) is 0 Å². The molecule has 30 heavy (non-hydrogen) atoms. The highest BCUT2D eigenvalue weighted by Gasteiger charge is 2.35. The number of carbonyl (C=O) groups is 2. The number of benzene rings is 2. The van der Waals surface area contributed by atoms with E-state index in [9.17, 15) is 14.0 Å². The number of hydrogen-bond acceptors (Lipinski definition) is 4. The summed E-state index contributed by atoms with van der Waals surface area (Å²) in [5.74, 6) is -0.810. The Kier molecular flexibility index (Phi) is 6.28. The van der Waals surface area contributed by atoms with Gasteiger partial charge in [0.2, 0.25) is 11.8 Å². The fourth-order valence-corrected chi connectivity index (χ4v) is 3.83. The topological polar surface area (TPSA) is 67.9 Å². The van der Waals surface area contributed by atoms with Crippen molar-refractivity contribution in [3.63, 3.8) is 0 Å². The first-order valence-electron chi connectivity index (χ1n) is 10.3. The first kappa shape index (κ1) is 20.3. The highest BCUT2D eigenvalue weighted by Crippen LogP contribution is 2.29. The SMILES string of the molecule is O=C(Nc1ccccc1OC[C@@H]1CCCCO1)[C@H]1CC(=O)N(c2cccc(F)c2)C1. The number of anilines is 2. The first-order valence-corrected chi connectivity index (χ1v) is 10.3. The van der Waals surface area contributed by atoms with Gasteiger partial charge < -0.3 is 19.7 Å². The van der Waals surface area contributed by atoms with Crippen LogP contribution in [0.4, 0.5) is 15.8 Å². The maximum Gasteiger partial charge on any atom is 0.229 e. The van der Waals surface area contributed by atoms with Crippen LogP contribution in [-0.2, 0) is 14.3 Å². The van der Waals surface area contributed by atoms with Gasteiger partial charge >= 0.3 is 0 Å². The van der Waals surface area contributed by atoms with Crippen LogP contribution < -0.4 is 15.0 Å². The quantitative estimate of drug-likeness (QED) is 0.784. The number of halogens is 1. The Bertz CT molecular complexity index is 914. The minimum atomic E-state index is -0.518. The summed E-state index contributed by atoms with van der Waals surface area (Å²) in [6, 6.07) is 13.1. The summed E-state index contributed by atoms with van der Waals surface area (Å²) in [6.07, 6.45) is 3.32. The predicted molar refractivity (Wildman–Crippen MR) is 111 cm³/mol. The summed E-state index contributed by atoms with van der Waals surface area (Å²) in [4.78, 5) is 26.7. The van der Waals surface area contributed by atoms with Crippen LogP contribution in [0.15, 0.2) is 48.5 Å². The zero-order valence-electron chi connectivity index (χ0n) is 16.7. The Labute approximate surface area is 175 Å². The van der Waals surface area contributed by atoms with Crippen LogP contribution in [0.3, 0.4) is 0 Å². The van der Waals surface area contributed by atoms with Crippen molar-refractivity contribution >= 4 is 23.2 Å². The standard InChI is InChI=1S/C23H25FN2O4/c24-17-6-5-7-18(13-17)26-14-16(12-22(26)27)23(28)25-20-9-1-2-10-21(20)30-15-19-8-3-4-11-29-19/h1-2,5-7,9-10,13,16,19H,3-4,8,11-12,14-15H2,(H,25,28)/t16-,19-/m0/s1. The van der Waals surface area contributed by atoms with Crippen molar-refractivity contribution in [2.45, 2.75) is 31.8 Å². The molecule has 0 unspecified atom stereocenters. The number of amides is 2. The molecule has 7 heteroatoms. The fraction of sp³-hybridized carbons (Fsp3) is 0.391. The second-order valence-electron chi connectivity index (χ2n) is 7.67. The lowest BCUT2D eigenvalue weighted by atomic mass is 10.1. The number of nitrogens with zero attached hydrogens (tertiary/aromatic N) is 1. The van der Waals surface area contributed by atoms with E-state index in [-0.39, 0.29) is 30.9 Å². The van der Waals surface area contributed by atoms with Crippen LogP contribution in [0.1, 0.15) is 25.7 Å². The summed E-state index contributed by atoms with van der Waals surface area (Å²) >= 11 is 0. The molecule has 0 saturated carbocycles. The molecule has 2 aromatic carbocycles. The smallest absolute Gasteiger partial charge is 0.229 e. The number of nitrogens with one attached hydrogen (secondary N) is 1. The molecule has 2 amide bonds. The number of rotatable bonds is 6. The molecule has 2 atom stereocenters. The maximum absolute atomic E-state index is 13.5. The van der Waals surface area contributed by atoms with Gasteiger partial charge in [-0.2, -0.15) is 0 Å². The minimum absolute atomic E-state index is 0.0646. The molecule has 2 fully saturated rings. The highest BCUT2D eigenvalue weighted by molar-refractivity contribution is 6.03. The lowest BCUT2D eigenvalue weighted by Gasteiger charge is -2.23. The molecule has 2 saturated heterocycles. The van der Waals surface area contributed by atoms with E-state index in [1.807, 2.05) is 12.1 Å². The van der Waals surface area contributed by atoms with E-state index in [1.54, 1.807) is 24.3 Å². The minimum Gasteiger partial charge on any atom is -0.489 e. The van der Waals surface area contributed by atoms with Crippen molar-refractivity contribution in [2.75, 3.05) is 30.0 Å². The lowest BCUT2D eigenvalue weighted by molar-refractivity contribution is -0.122. The highest BCUT2D eigenvalue weighted by atomic mass is 19.1. The van der Waals surface area contributed by atoms with Crippen LogP contribution in [0.5, 0.6) is 5.75 Å². The van der Waals surface area contributed by atoms with Crippen molar-refractivity contribution in [2.24, 2.45) is 5.92 Å². The van der Waals surface area contributed by atoms with E-state index in [0.29, 0.717) is 23.7 Å². The molecule has 6 nitrogen and oxygen atoms in total. The molecule has 2 heterocycles. The molecule has 0 radical (unpaired) electrons. The Hall–Kier alpha value is -2.93. The maximum atomic E-state index is 13.5. The number of ether oxygens (including phenoxy) is 2. The van der Waals surface area contributed by atoms with Gasteiger partial charge in [-0.15, -0.1) is 0 Å². The monoisotopic (exact) mass is 412 g/mol. The molecule has 158 valence electrons. The van der Waals surface area contributed by atoms with Crippen molar-refractivity contribution in [1.82, 2.24) is 0 Å².